The highest BCUT2D eigenvalue weighted by Crippen LogP contribution is 2.33. The SMILES string of the molecule is CCc1cccnc1CNCc1cc(Cl)cc(OC)c1O. The van der Waals surface area contributed by atoms with Crippen molar-refractivity contribution in [3.05, 3.63) is 52.3 Å². The summed E-state index contributed by atoms with van der Waals surface area (Å²) in [6.07, 6.45) is 2.73. The smallest absolute Gasteiger partial charge is 0.162 e. The molecule has 0 aliphatic rings. The van der Waals surface area contributed by atoms with Crippen molar-refractivity contribution in [3.8, 4) is 11.5 Å². The zero-order chi connectivity index (χ0) is 15.2. The Bertz CT molecular complexity index is 617. The fourth-order valence-corrected chi connectivity index (χ4v) is 2.42. The Morgan fingerprint density at radius 1 is 1.29 bits per heavy atom. The number of phenols is 1. The quantitative estimate of drug-likeness (QED) is 0.860. The lowest BCUT2D eigenvalue weighted by Crippen LogP contribution is -2.15. The first-order valence-corrected chi connectivity index (χ1v) is 7.22. The van der Waals surface area contributed by atoms with Gasteiger partial charge in [-0.25, -0.2) is 0 Å². The normalized spacial score (nSPS) is 10.6. The number of aromatic hydroxyl groups is 1. The van der Waals surface area contributed by atoms with Crippen molar-refractivity contribution < 1.29 is 9.84 Å². The van der Waals surface area contributed by atoms with Crippen molar-refractivity contribution in [2.75, 3.05) is 7.11 Å². The Morgan fingerprint density at radius 3 is 2.81 bits per heavy atom. The summed E-state index contributed by atoms with van der Waals surface area (Å²) in [6.45, 7) is 3.23. The van der Waals surface area contributed by atoms with Crippen LogP contribution in [0.4, 0.5) is 0 Å². The van der Waals surface area contributed by atoms with Crippen LogP contribution in [0, 0.1) is 0 Å². The highest BCUT2D eigenvalue weighted by Gasteiger charge is 2.10. The molecule has 0 aliphatic carbocycles. The van der Waals surface area contributed by atoms with Gasteiger partial charge in [0.1, 0.15) is 0 Å². The third-order valence-corrected chi connectivity index (χ3v) is 3.53. The van der Waals surface area contributed by atoms with Gasteiger partial charge in [-0.15, -0.1) is 0 Å². The molecule has 5 heteroatoms. The topological polar surface area (TPSA) is 54.4 Å². The lowest BCUT2D eigenvalue weighted by molar-refractivity contribution is 0.369. The van der Waals surface area contributed by atoms with Crippen molar-refractivity contribution in [2.24, 2.45) is 0 Å². The van der Waals surface area contributed by atoms with Crippen LogP contribution in [-0.4, -0.2) is 17.2 Å². The van der Waals surface area contributed by atoms with E-state index in [1.54, 1.807) is 18.3 Å². The molecule has 0 saturated carbocycles. The standard InChI is InChI=1S/C16H19ClN2O2/c1-3-11-5-4-6-19-14(11)10-18-9-12-7-13(17)8-15(21-2)16(12)20/h4-8,18,20H,3,9-10H2,1-2H3. The summed E-state index contributed by atoms with van der Waals surface area (Å²) in [6, 6.07) is 7.33. The van der Waals surface area contributed by atoms with Gasteiger partial charge in [-0.2, -0.15) is 0 Å². The van der Waals surface area contributed by atoms with Gasteiger partial charge >= 0.3 is 0 Å². The summed E-state index contributed by atoms with van der Waals surface area (Å²) in [5.41, 5.74) is 2.94. The molecule has 2 aromatic rings. The minimum atomic E-state index is 0.117. The van der Waals surface area contributed by atoms with Crippen LogP contribution in [0.3, 0.4) is 0 Å². The van der Waals surface area contributed by atoms with Crippen molar-refractivity contribution in [1.82, 2.24) is 10.3 Å². The maximum absolute atomic E-state index is 10.1. The molecule has 4 nitrogen and oxygen atoms in total. The molecule has 0 radical (unpaired) electrons. The first-order chi connectivity index (χ1) is 10.2. The molecule has 0 fully saturated rings. The number of phenolic OH excluding ortho intramolecular Hbond substituents is 1. The summed E-state index contributed by atoms with van der Waals surface area (Å²) in [5.74, 6) is 0.498. The fourth-order valence-electron chi connectivity index (χ4n) is 2.19. The molecule has 1 aromatic carbocycles. The van der Waals surface area contributed by atoms with Crippen LogP contribution >= 0.6 is 11.6 Å². The first kappa shape index (κ1) is 15.6. The van der Waals surface area contributed by atoms with E-state index in [-0.39, 0.29) is 5.75 Å². The molecule has 0 spiro atoms. The molecule has 0 aliphatic heterocycles. The van der Waals surface area contributed by atoms with Gasteiger partial charge in [0.15, 0.2) is 11.5 Å². The summed E-state index contributed by atoms with van der Waals surface area (Å²) in [7, 11) is 1.50. The molecule has 1 aromatic heterocycles. The number of pyridine rings is 1. The third-order valence-electron chi connectivity index (χ3n) is 3.31. The fraction of sp³-hybridized carbons (Fsp3) is 0.312. The van der Waals surface area contributed by atoms with Crippen LogP contribution in [0.5, 0.6) is 11.5 Å². The second-order valence-corrected chi connectivity index (χ2v) is 5.12. The number of hydrogen-bond acceptors (Lipinski definition) is 4. The highest BCUT2D eigenvalue weighted by molar-refractivity contribution is 6.30. The number of benzene rings is 1. The molecule has 1 heterocycles. The lowest BCUT2D eigenvalue weighted by Gasteiger charge is -2.12. The highest BCUT2D eigenvalue weighted by atomic mass is 35.5. The summed E-state index contributed by atoms with van der Waals surface area (Å²) < 4.78 is 5.09. The van der Waals surface area contributed by atoms with Crippen molar-refractivity contribution in [1.29, 1.82) is 0 Å². The molecular formula is C16H19ClN2O2. The first-order valence-electron chi connectivity index (χ1n) is 6.84. The van der Waals surface area contributed by atoms with Crippen LogP contribution < -0.4 is 10.1 Å². The largest absolute Gasteiger partial charge is 0.504 e. The van der Waals surface area contributed by atoms with Gasteiger partial charge in [0.05, 0.1) is 12.8 Å². The van der Waals surface area contributed by atoms with Gasteiger partial charge in [-0.1, -0.05) is 24.6 Å². The van der Waals surface area contributed by atoms with Gasteiger partial charge < -0.3 is 15.2 Å². The summed E-state index contributed by atoms with van der Waals surface area (Å²) in [4.78, 5) is 4.38. The Kier molecular flexibility index (Phi) is 5.42. The van der Waals surface area contributed by atoms with E-state index in [9.17, 15) is 5.11 Å². The van der Waals surface area contributed by atoms with Gasteiger partial charge in [-0.3, -0.25) is 4.98 Å². The average molecular weight is 307 g/mol. The number of ether oxygens (including phenoxy) is 1. The van der Waals surface area contributed by atoms with Gasteiger partial charge in [0, 0.05) is 35.9 Å². The maximum Gasteiger partial charge on any atom is 0.162 e. The van der Waals surface area contributed by atoms with E-state index in [0.717, 1.165) is 12.1 Å². The number of nitrogens with one attached hydrogen (secondary N) is 1. The molecule has 0 saturated heterocycles. The molecule has 0 unspecified atom stereocenters. The second-order valence-electron chi connectivity index (χ2n) is 4.68. The number of methoxy groups -OCH3 is 1. The minimum absolute atomic E-state index is 0.117. The van der Waals surface area contributed by atoms with Crippen molar-refractivity contribution in [3.63, 3.8) is 0 Å². The van der Waals surface area contributed by atoms with Gasteiger partial charge in [0.25, 0.3) is 0 Å². The lowest BCUT2D eigenvalue weighted by atomic mass is 10.1. The van der Waals surface area contributed by atoms with Crippen molar-refractivity contribution >= 4 is 11.6 Å². The number of halogens is 1. The second kappa shape index (κ2) is 7.29. The van der Waals surface area contributed by atoms with Crippen LogP contribution in [0.2, 0.25) is 5.02 Å². The molecule has 21 heavy (non-hydrogen) atoms. The van der Waals surface area contributed by atoms with E-state index in [1.165, 1.54) is 12.7 Å². The average Bonchev–Trinajstić information content (AvgIpc) is 2.50. The summed E-state index contributed by atoms with van der Waals surface area (Å²) in [5, 5.41) is 13.9. The molecule has 2 rings (SSSR count). The zero-order valence-corrected chi connectivity index (χ0v) is 12.9. The molecule has 0 bridgehead atoms. The van der Waals surface area contributed by atoms with E-state index in [0.29, 0.717) is 29.4 Å². The molecule has 2 N–H and O–H groups in total. The Balaban J connectivity index is 2.05. The van der Waals surface area contributed by atoms with Gasteiger partial charge in [-0.05, 0) is 24.1 Å². The number of nitrogens with zero attached hydrogens (tertiary/aromatic N) is 1. The molecule has 0 amide bonds. The Labute approximate surface area is 129 Å². The van der Waals surface area contributed by atoms with E-state index in [2.05, 4.69) is 23.3 Å². The van der Waals surface area contributed by atoms with E-state index < -0.39 is 0 Å². The number of aromatic nitrogens is 1. The van der Waals surface area contributed by atoms with E-state index >= 15 is 0 Å². The predicted octanol–water partition coefficient (Wildman–Crippen LogP) is 3.30. The third kappa shape index (κ3) is 3.86. The predicted molar refractivity (Wildman–Crippen MR) is 83.8 cm³/mol. The van der Waals surface area contributed by atoms with E-state index in [4.69, 9.17) is 16.3 Å². The van der Waals surface area contributed by atoms with Crippen LogP contribution in [0.25, 0.3) is 0 Å². The van der Waals surface area contributed by atoms with E-state index in [1.807, 2.05) is 6.07 Å². The van der Waals surface area contributed by atoms with Crippen LogP contribution in [0.1, 0.15) is 23.7 Å². The maximum atomic E-state index is 10.1. The molecule has 0 atom stereocenters. The van der Waals surface area contributed by atoms with Crippen LogP contribution in [-0.2, 0) is 19.5 Å². The zero-order valence-electron chi connectivity index (χ0n) is 12.2. The molecule has 112 valence electrons. The Morgan fingerprint density at radius 2 is 2.10 bits per heavy atom. The van der Waals surface area contributed by atoms with Crippen LogP contribution in [0.15, 0.2) is 30.5 Å². The number of aryl methyl sites for hydroxylation is 1. The van der Waals surface area contributed by atoms with Crippen molar-refractivity contribution in [2.45, 2.75) is 26.4 Å². The minimum Gasteiger partial charge on any atom is -0.504 e. The summed E-state index contributed by atoms with van der Waals surface area (Å²) >= 11 is 6.01. The Hall–Kier alpha value is -1.78. The number of rotatable bonds is 6. The number of hydrogen-bond donors (Lipinski definition) is 2. The monoisotopic (exact) mass is 306 g/mol. The molecular weight excluding hydrogens is 288 g/mol. The van der Waals surface area contributed by atoms with Gasteiger partial charge in [0.2, 0.25) is 0 Å².